The highest BCUT2D eigenvalue weighted by molar-refractivity contribution is 7.07. The third-order valence-corrected chi connectivity index (χ3v) is 6.66. The van der Waals surface area contributed by atoms with Crippen molar-refractivity contribution < 1.29 is 9.53 Å². The Labute approximate surface area is 182 Å². The first-order valence-electron chi connectivity index (χ1n) is 10.6. The van der Waals surface area contributed by atoms with Crippen molar-refractivity contribution in [2.24, 2.45) is 5.92 Å². The lowest BCUT2D eigenvalue weighted by Gasteiger charge is -2.24. The van der Waals surface area contributed by atoms with Crippen LogP contribution in [0.3, 0.4) is 0 Å². The molecule has 3 rings (SSSR count). The van der Waals surface area contributed by atoms with Gasteiger partial charge in [0.15, 0.2) is 0 Å². The fourth-order valence-electron chi connectivity index (χ4n) is 4.10. The van der Waals surface area contributed by atoms with E-state index in [9.17, 15) is 9.59 Å². The van der Waals surface area contributed by atoms with Gasteiger partial charge in [0.2, 0.25) is 0 Å². The fourth-order valence-corrected chi connectivity index (χ4v) is 4.65. The van der Waals surface area contributed by atoms with E-state index in [1.807, 2.05) is 5.38 Å². The van der Waals surface area contributed by atoms with E-state index in [1.54, 1.807) is 22.0 Å². The quantitative estimate of drug-likeness (QED) is 0.642. The maximum absolute atomic E-state index is 13.4. The molecule has 0 atom stereocenters. The molecule has 0 saturated heterocycles. The molecule has 164 valence electrons. The molecule has 2 aromatic heterocycles. The summed E-state index contributed by atoms with van der Waals surface area (Å²) < 4.78 is 7.24. The van der Waals surface area contributed by atoms with Crippen molar-refractivity contribution in [1.82, 2.24) is 19.4 Å². The monoisotopic (exact) mass is 432 g/mol. The molecule has 1 amide bonds. The van der Waals surface area contributed by atoms with E-state index in [0.717, 1.165) is 43.9 Å². The number of carbonyl (C=O) groups excluding carboxylic acids is 1. The zero-order chi connectivity index (χ0) is 21.7. The highest BCUT2D eigenvalue weighted by Gasteiger charge is 2.27. The first-order chi connectivity index (χ1) is 14.5. The molecular formula is C22H32N4O3S. The molecule has 3 heterocycles. The third-order valence-electron chi connectivity index (χ3n) is 6.02. The second kappa shape index (κ2) is 10.2. The van der Waals surface area contributed by atoms with E-state index in [-0.39, 0.29) is 11.5 Å². The number of hydrogen-bond donors (Lipinski definition) is 0. The number of hydrogen-bond acceptors (Lipinski definition) is 6. The van der Waals surface area contributed by atoms with Crippen LogP contribution in [0.4, 0.5) is 0 Å². The van der Waals surface area contributed by atoms with Crippen LogP contribution in [0.2, 0.25) is 0 Å². The van der Waals surface area contributed by atoms with Crippen LogP contribution in [0.5, 0.6) is 5.75 Å². The van der Waals surface area contributed by atoms with Gasteiger partial charge in [-0.1, -0.05) is 26.7 Å². The molecule has 1 aliphatic rings. The molecule has 0 radical (unpaired) electrons. The van der Waals surface area contributed by atoms with E-state index in [2.05, 4.69) is 23.7 Å². The van der Waals surface area contributed by atoms with Crippen molar-refractivity contribution in [1.29, 1.82) is 0 Å². The lowest BCUT2D eigenvalue weighted by Crippen LogP contribution is -2.33. The highest BCUT2D eigenvalue weighted by atomic mass is 32.1. The number of methoxy groups -OCH3 is 1. The lowest BCUT2D eigenvalue weighted by atomic mass is 10.0. The first kappa shape index (κ1) is 22.5. The molecule has 8 heteroatoms. The number of rotatable bonds is 8. The molecule has 7 nitrogen and oxygen atoms in total. The van der Waals surface area contributed by atoms with Crippen molar-refractivity contribution in [2.75, 3.05) is 33.8 Å². The molecule has 30 heavy (non-hydrogen) atoms. The normalized spacial score (nSPS) is 14.4. The summed E-state index contributed by atoms with van der Waals surface area (Å²) in [6.45, 7) is 8.15. The van der Waals surface area contributed by atoms with Gasteiger partial charge in [0.1, 0.15) is 11.3 Å². The second-order valence-corrected chi connectivity index (χ2v) is 8.62. The number of nitrogens with zero attached hydrogens (tertiary/aromatic N) is 4. The number of thiazole rings is 1. The van der Waals surface area contributed by atoms with Crippen molar-refractivity contribution in [3.8, 4) is 5.75 Å². The van der Waals surface area contributed by atoms with E-state index >= 15 is 0 Å². The van der Waals surface area contributed by atoms with Crippen molar-refractivity contribution in [3.63, 3.8) is 0 Å². The molecule has 0 unspecified atom stereocenters. The largest absolute Gasteiger partial charge is 0.496 e. The van der Waals surface area contributed by atoms with Gasteiger partial charge >= 0.3 is 0 Å². The topological polar surface area (TPSA) is 67.7 Å². The van der Waals surface area contributed by atoms with Crippen molar-refractivity contribution in [2.45, 2.75) is 46.2 Å². The summed E-state index contributed by atoms with van der Waals surface area (Å²) in [6, 6.07) is 1.45. The van der Waals surface area contributed by atoms with E-state index < -0.39 is 0 Å². The van der Waals surface area contributed by atoms with Crippen molar-refractivity contribution in [3.05, 3.63) is 44.3 Å². The molecule has 0 aromatic carbocycles. The Morgan fingerprint density at radius 3 is 2.70 bits per heavy atom. The molecule has 0 bridgehead atoms. The van der Waals surface area contributed by atoms with Crippen LogP contribution in [0.1, 0.15) is 48.4 Å². The molecule has 0 spiro atoms. The van der Waals surface area contributed by atoms with Gasteiger partial charge in [-0.25, -0.2) is 4.98 Å². The summed E-state index contributed by atoms with van der Waals surface area (Å²) >= 11 is 1.51. The van der Waals surface area contributed by atoms with Crippen LogP contribution >= 0.6 is 11.3 Å². The SMILES string of the molecule is CCC(CC)CN1CCc2c(C(=O)N(C)Cc3cscn3)c(OC)cc(=O)n2CC1. The van der Waals surface area contributed by atoms with E-state index in [0.29, 0.717) is 36.7 Å². The van der Waals surface area contributed by atoms with Gasteiger partial charge in [-0.3, -0.25) is 9.59 Å². The Bertz CT molecular complexity index is 906. The van der Waals surface area contributed by atoms with Crippen LogP contribution in [0.15, 0.2) is 21.8 Å². The second-order valence-electron chi connectivity index (χ2n) is 7.90. The van der Waals surface area contributed by atoms with Gasteiger partial charge in [0.25, 0.3) is 11.5 Å². The molecule has 0 N–H and O–H groups in total. The Morgan fingerprint density at radius 1 is 1.30 bits per heavy atom. The highest BCUT2D eigenvalue weighted by Crippen LogP contribution is 2.25. The van der Waals surface area contributed by atoms with E-state index in [1.165, 1.54) is 24.5 Å². The number of amides is 1. The minimum absolute atomic E-state index is 0.107. The van der Waals surface area contributed by atoms with Crippen LogP contribution in [-0.4, -0.2) is 59.0 Å². The predicted molar refractivity (Wildman–Crippen MR) is 119 cm³/mol. The van der Waals surface area contributed by atoms with Crippen LogP contribution in [0.25, 0.3) is 0 Å². The van der Waals surface area contributed by atoms with E-state index in [4.69, 9.17) is 4.74 Å². The Morgan fingerprint density at radius 2 is 2.07 bits per heavy atom. The molecule has 0 fully saturated rings. The van der Waals surface area contributed by atoms with Gasteiger partial charge in [-0.2, -0.15) is 0 Å². The van der Waals surface area contributed by atoms with Gasteiger partial charge in [0.05, 0.1) is 24.9 Å². The third kappa shape index (κ3) is 4.92. The lowest BCUT2D eigenvalue weighted by molar-refractivity contribution is 0.0777. The molecule has 1 aliphatic heterocycles. The fraction of sp³-hybridized carbons (Fsp3) is 0.591. The van der Waals surface area contributed by atoms with Crippen molar-refractivity contribution >= 4 is 17.2 Å². The Hall–Kier alpha value is -2.19. The summed E-state index contributed by atoms with van der Waals surface area (Å²) in [6.07, 6.45) is 2.95. The smallest absolute Gasteiger partial charge is 0.259 e. The van der Waals surface area contributed by atoms with Crippen LogP contribution < -0.4 is 10.3 Å². The molecular weight excluding hydrogens is 400 g/mol. The zero-order valence-corrected chi connectivity index (χ0v) is 19.2. The summed E-state index contributed by atoms with van der Waals surface area (Å²) in [7, 11) is 3.28. The number of carbonyl (C=O) groups is 1. The van der Waals surface area contributed by atoms with Crippen LogP contribution in [-0.2, 0) is 19.5 Å². The predicted octanol–water partition coefficient (Wildman–Crippen LogP) is 2.88. The Balaban J connectivity index is 1.90. The number of aromatic nitrogens is 2. The molecule has 0 saturated carbocycles. The summed E-state index contributed by atoms with van der Waals surface area (Å²) in [5.74, 6) is 0.870. The maximum Gasteiger partial charge on any atom is 0.259 e. The minimum atomic E-state index is -0.142. The van der Waals surface area contributed by atoms with Gasteiger partial charge in [0, 0.05) is 56.8 Å². The maximum atomic E-state index is 13.4. The van der Waals surface area contributed by atoms with Gasteiger partial charge < -0.3 is 19.1 Å². The summed E-state index contributed by atoms with van der Waals surface area (Å²) in [4.78, 5) is 34.5. The summed E-state index contributed by atoms with van der Waals surface area (Å²) in [5.41, 5.74) is 3.78. The summed E-state index contributed by atoms with van der Waals surface area (Å²) in [5, 5.41) is 1.94. The minimum Gasteiger partial charge on any atom is -0.496 e. The average Bonchev–Trinajstić information content (AvgIpc) is 3.16. The zero-order valence-electron chi connectivity index (χ0n) is 18.4. The standard InChI is InChI=1S/C22H32N4O3S/c1-5-16(6-2)12-25-8-7-18-21(19(29-4)11-20(27)26(18)10-9-25)22(28)24(3)13-17-14-30-15-23-17/h11,14-16H,5-10,12-13H2,1-4H3. The average molecular weight is 433 g/mol. The Kier molecular flexibility index (Phi) is 7.66. The van der Waals surface area contributed by atoms with Crippen LogP contribution in [0, 0.1) is 5.92 Å². The number of fused-ring (bicyclic) bond motifs is 1. The van der Waals surface area contributed by atoms with Gasteiger partial charge in [-0.15, -0.1) is 11.3 Å². The number of pyridine rings is 1. The first-order valence-corrected chi connectivity index (χ1v) is 11.6. The molecule has 0 aliphatic carbocycles. The number of ether oxygens (including phenoxy) is 1. The molecule has 2 aromatic rings. The van der Waals surface area contributed by atoms with Gasteiger partial charge in [-0.05, 0) is 5.92 Å².